The fourth-order valence-electron chi connectivity index (χ4n) is 2.41. The van der Waals surface area contributed by atoms with E-state index in [0.717, 1.165) is 35.9 Å². The number of rotatable bonds is 4. The van der Waals surface area contributed by atoms with Gasteiger partial charge in [0, 0.05) is 0 Å². The molecular formula is C14H18N4O. The Morgan fingerprint density at radius 1 is 1.32 bits per heavy atom. The summed E-state index contributed by atoms with van der Waals surface area (Å²) in [4.78, 5) is 3.31. The Labute approximate surface area is 112 Å². The monoisotopic (exact) mass is 258 g/mol. The number of ether oxygens (including phenoxy) is 1. The molecule has 0 amide bonds. The number of aromatic nitrogens is 3. The summed E-state index contributed by atoms with van der Waals surface area (Å²) >= 11 is 0. The van der Waals surface area contributed by atoms with E-state index >= 15 is 0 Å². The van der Waals surface area contributed by atoms with Crippen LogP contribution in [0.4, 0.5) is 0 Å². The van der Waals surface area contributed by atoms with Gasteiger partial charge in [-0.05, 0) is 38.4 Å². The number of hydrogen-bond acceptors (Lipinski definition) is 4. The molecule has 2 heterocycles. The van der Waals surface area contributed by atoms with Crippen molar-refractivity contribution in [3.05, 3.63) is 30.1 Å². The summed E-state index contributed by atoms with van der Waals surface area (Å²) in [5.41, 5.74) is 0.959. The molecule has 3 rings (SSSR count). The van der Waals surface area contributed by atoms with E-state index in [1.54, 1.807) is 0 Å². The Kier molecular flexibility index (Phi) is 3.46. The maximum Gasteiger partial charge on any atom is 0.165 e. The standard InChI is InChI=1S/C14H18N4O/c1-2-19-12-8-4-3-6-10(12)13-16-14(18-17-13)11-7-5-9-15-11/h3-4,6,8,11,15H,2,5,7,9H2,1H3,(H,16,17,18). The topological polar surface area (TPSA) is 62.8 Å². The van der Waals surface area contributed by atoms with Gasteiger partial charge in [-0.1, -0.05) is 12.1 Å². The van der Waals surface area contributed by atoms with Gasteiger partial charge >= 0.3 is 0 Å². The molecule has 0 aliphatic carbocycles. The number of para-hydroxylation sites is 1. The quantitative estimate of drug-likeness (QED) is 0.883. The Balaban J connectivity index is 1.89. The van der Waals surface area contributed by atoms with Crippen molar-refractivity contribution in [2.75, 3.05) is 13.2 Å². The van der Waals surface area contributed by atoms with Crippen molar-refractivity contribution >= 4 is 0 Å². The highest BCUT2D eigenvalue weighted by molar-refractivity contribution is 5.63. The Morgan fingerprint density at radius 3 is 3.00 bits per heavy atom. The fourth-order valence-corrected chi connectivity index (χ4v) is 2.41. The zero-order valence-corrected chi connectivity index (χ0v) is 11.0. The van der Waals surface area contributed by atoms with E-state index in [9.17, 15) is 0 Å². The predicted molar refractivity (Wildman–Crippen MR) is 73.0 cm³/mol. The van der Waals surface area contributed by atoms with Crippen LogP contribution in [0.3, 0.4) is 0 Å². The lowest BCUT2D eigenvalue weighted by Gasteiger charge is -2.07. The molecule has 1 aliphatic rings. The van der Waals surface area contributed by atoms with E-state index in [-0.39, 0.29) is 0 Å². The zero-order valence-electron chi connectivity index (χ0n) is 11.0. The van der Waals surface area contributed by atoms with Crippen LogP contribution in [0.2, 0.25) is 0 Å². The van der Waals surface area contributed by atoms with Gasteiger partial charge in [-0.3, -0.25) is 0 Å². The van der Waals surface area contributed by atoms with Gasteiger partial charge in [0.05, 0.1) is 18.2 Å². The van der Waals surface area contributed by atoms with Crippen molar-refractivity contribution in [1.82, 2.24) is 20.5 Å². The van der Waals surface area contributed by atoms with Gasteiger partial charge in [0.15, 0.2) is 5.82 Å². The first-order chi connectivity index (χ1) is 9.38. The molecule has 0 bridgehead atoms. The van der Waals surface area contributed by atoms with Crippen molar-refractivity contribution in [3.63, 3.8) is 0 Å². The molecule has 2 N–H and O–H groups in total. The third-order valence-electron chi connectivity index (χ3n) is 3.34. The molecule has 5 nitrogen and oxygen atoms in total. The van der Waals surface area contributed by atoms with Crippen LogP contribution in [0.5, 0.6) is 5.75 Å². The molecule has 0 saturated carbocycles. The van der Waals surface area contributed by atoms with E-state index in [4.69, 9.17) is 4.74 Å². The van der Waals surface area contributed by atoms with Crippen molar-refractivity contribution in [1.29, 1.82) is 0 Å². The summed E-state index contributed by atoms with van der Waals surface area (Å²) in [5.74, 6) is 2.53. The third-order valence-corrected chi connectivity index (χ3v) is 3.34. The maximum atomic E-state index is 5.62. The molecule has 1 aliphatic heterocycles. The lowest BCUT2D eigenvalue weighted by molar-refractivity contribution is 0.341. The molecule has 1 aromatic heterocycles. The molecule has 1 saturated heterocycles. The van der Waals surface area contributed by atoms with E-state index < -0.39 is 0 Å². The van der Waals surface area contributed by atoms with Crippen LogP contribution in [-0.4, -0.2) is 28.3 Å². The lowest BCUT2D eigenvalue weighted by atomic mass is 10.2. The highest BCUT2D eigenvalue weighted by Gasteiger charge is 2.20. The minimum Gasteiger partial charge on any atom is -0.493 e. The first-order valence-corrected chi connectivity index (χ1v) is 6.76. The predicted octanol–water partition coefficient (Wildman–Crippen LogP) is 2.29. The van der Waals surface area contributed by atoms with E-state index in [0.29, 0.717) is 12.6 Å². The molecular weight excluding hydrogens is 240 g/mol. The Hall–Kier alpha value is -1.88. The highest BCUT2D eigenvalue weighted by Crippen LogP contribution is 2.28. The molecule has 1 atom stereocenters. The molecule has 1 unspecified atom stereocenters. The van der Waals surface area contributed by atoms with E-state index in [2.05, 4.69) is 20.5 Å². The fraction of sp³-hybridized carbons (Fsp3) is 0.429. The minimum absolute atomic E-state index is 0.306. The second-order valence-electron chi connectivity index (χ2n) is 4.64. The smallest absolute Gasteiger partial charge is 0.165 e. The molecule has 0 radical (unpaired) electrons. The zero-order chi connectivity index (χ0) is 13.1. The Morgan fingerprint density at radius 2 is 2.21 bits per heavy atom. The van der Waals surface area contributed by atoms with Crippen molar-refractivity contribution in [3.8, 4) is 17.1 Å². The van der Waals surface area contributed by atoms with Crippen LogP contribution >= 0.6 is 0 Å². The molecule has 100 valence electrons. The number of nitrogens with one attached hydrogen (secondary N) is 2. The van der Waals surface area contributed by atoms with Crippen molar-refractivity contribution < 1.29 is 4.74 Å². The summed E-state index contributed by atoms with van der Waals surface area (Å²) in [7, 11) is 0. The van der Waals surface area contributed by atoms with Gasteiger partial charge in [0.2, 0.25) is 0 Å². The van der Waals surface area contributed by atoms with Crippen LogP contribution in [0.25, 0.3) is 11.4 Å². The van der Waals surface area contributed by atoms with Crippen molar-refractivity contribution in [2.45, 2.75) is 25.8 Å². The lowest BCUT2D eigenvalue weighted by Crippen LogP contribution is -2.14. The molecule has 1 fully saturated rings. The van der Waals surface area contributed by atoms with Gasteiger partial charge < -0.3 is 15.0 Å². The highest BCUT2D eigenvalue weighted by atomic mass is 16.5. The molecule has 1 aromatic carbocycles. The van der Waals surface area contributed by atoms with Gasteiger partial charge in [0.25, 0.3) is 0 Å². The second kappa shape index (κ2) is 5.40. The molecule has 19 heavy (non-hydrogen) atoms. The average molecular weight is 258 g/mol. The number of aromatic amines is 1. The van der Waals surface area contributed by atoms with Crippen LogP contribution < -0.4 is 10.1 Å². The third kappa shape index (κ3) is 2.46. The molecule has 0 spiro atoms. The van der Waals surface area contributed by atoms with E-state index in [1.807, 2.05) is 31.2 Å². The van der Waals surface area contributed by atoms with Gasteiger partial charge in [-0.15, -0.1) is 10.2 Å². The van der Waals surface area contributed by atoms with Crippen LogP contribution in [-0.2, 0) is 0 Å². The van der Waals surface area contributed by atoms with Gasteiger partial charge in [-0.25, -0.2) is 0 Å². The largest absolute Gasteiger partial charge is 0.493 e. The van der Waals surface area contributed by atoms with Crippen LogP contribution in [0, 0.1) is 0 Å². The summed E-state index contributed by atoms with van der Waals surface area (Å²) in [6, 6.07) is 8.20. The van der Waals surface area contributed by atoms with Crippen LogP contribution in [0.1, 0.15) is 31.6 Å². The van der Waals surface area contributed by atoms with Crippen LogP contribution in [0.15, 0.2) is 24.3 Å². The summed E-state index contributed by atoms with van der Waals surface area (Å²) in [6.07, 6.45) is 2.30. The van der Waals surface area contributed by atoms with E-state index in [1.165, 1.54) is 6.42 Å². The van der Waals surface area contributed by atoms with Gasteiger partial charge in [0.1, 0.15) is 11.6 Å². The maximum absolute atomic E-state index is 5.62. The minimum atomic E-state index is 0.306. The number of H-pyrrole nitrogens is 1. The Bertz CT molecular complexity index is 546. The SMILES string of the molecule is CCOc1ccccc1-c1nnc(C2CCCN2)[nH]1. The number of benzene rings is 1. The summed E-state index contributed by atoms with van der Waals surface area (Å²) in [5, 5.41) is 11.9. The summed E-state index contributed by atoms with van der Waals surface area (Å²) < 4.78 is 5.62. The molecule has 2 aromatic rings. The summed E-state index contributed by atoms with van der Waals surface area (Å²) in [6.45, 7) is 3.67. The van der Waals surface area contributed by atoms with Gasteiger partial charge in [-0.2, -0.15) is 0 Å². The first kappa shape index (κ1) is 12.2. The normalized spacial score (nSPS) is 18.7. The number of nitrogens with zero attached hydrogens (tertiary/aromatic N) is 2. The molecule has 5 heteroatoms. The van der Waals surface area contributed by atoms with Crippen molar-refractivity contribution in [2.24, 2.45) is 0 Å². The first-order valence-electron chi connectivity index (χ1n) is 6.76. The average Bonchev–Trinajstić information content (AvgIpc) is 3.11. The number of hydrogen-bond donors (Lipinski definition) is 2. The second-order valence-corrected chi connectivity index (χ2v) is 4.64.